The summed E-state index contributed by atoms with van der Waals surface area (Å²) < 4.78 is 29.0. The molecule has 0 atom stereocenters. The minimum atomic E-state index is -3.76. The van der Waals surface area contributed by atoms with Crippen LogP contribution in [0.1, 0.15) is 32.9 Å². The Morgan fingerprint density at radius 1 is 1.29 bits per heavy atom. The molecule has 2 aromatic rings. The Bertz CT molecular complexity index is 885. The van der Waals surface area contributed by atoms with Gasteiger partial charge >= 0.3 is 5.97 Å². The Balaban J connectivity index is 2.14. The number of aryl methyl sites for hydroxylation is 3. The molecular formula is C16H21N3O4S. The van der Waals surface area contributed by atoms with Crippen molar-refractivity contribution in [2.45, 2.75) is 32.1 Å². The first-order valence-corrected chi connectivity index (χ1v) is 8.94. The number of nitrogens with zero attached hydrogens (tertiary/aromatic N) is 2. The Hall–Kier alpha value is -2.19. The van der Waals surface area contributed by atoms with Gasteiger partial charge in [0.25, 0.3) is 0 Å². The highest BCUT2D eigenvalue weighted by atomic mass is 32.2. The summed E-state index contributed by atoms with van der Waals surface area (Å²) in [4.78, 5) is 11.1. The van der Waals surface area contributed by atoms with E-state index in [1.807, 2.05) is 20.9 Å². The molecule has 7 nitrogen and oxygen atoms in total. The highest BCUT2D eigenvalue weighted by Gasteiger charge is 2.18. The molecule has 2 rings (SSSR count). The summed E-state index contributed by atoms with van der Waals surface area (Å²) in [5.41, 5.74) is 3.38. The Morgan fingerprint density at radius 3 is 2.50 bits per heavy atom. The van der Waals surface area contributed by atoms with Crippen LogP contribution < -0.4 is 4.72 Å². The molecule has 0 spiro atoms. The molecule has 0 amide bonds. The van der Waals surface area contributed by atoms with Crippen molar-refractivity contribution in [2.24, 2.45) is 7.05 Å². The van der Waals surface area contributed by atoms with Crippen molar-refractivity contribution in [3.8, 4) is 0 Å². The average molecular weight is 351 g/mol. The number of sulfonamides is 1. The molecule has 1 aromatic heterocycles. The molecule has 0 saturated carbocycles. The zero-order valence-electron chi connectivity index (χ0n) is 14.1. The van der Waals surface area contributed by atoms with Crippen LogP contribution in [0.2, 0.25) is 0 Å². The van der Waals surface area contributed by atoms with Gasteiger partial charge in [0.2, 0.25) is 10.0 Å². The SMILES string of the molecule is Cc1ccc(S(=O)(=O)NCCc2c(C)nn(C)c2C)cc1C(=O)O. The quantitative estimate of drug-likeness (QED) is 0.822. The summed E-state index contributed by atoms with van der Waals surface area (Å²) in [7, 11) is -1.92. The number of nitrogens with one attached hydrogen (secondary N) is 1. The second-order valence-corrected chi connectivity index (χ2v) is 7.47. The van der Waals surface area contributed by atoms with Crippen LogP contribution in [0.3, 0.4) is 0 Å². The molecule has 0 unspecified atom stereocenters. The van der Waals surface area contributed by atoms with Gasteiger partial charge < -0.3 is 5.11 Å². The predicted octanol–water partition coefficient (Wildman–Crippen LogP) is 1.56. The zero-order chi connectivity index (χ0) is 18.1. The number of hydrogen-bond donors (Lipinski definition) is 2. The van der Waals surface area contributed by atoms with Gasteiger partial charge in [0.05, 0.1) is 16.2 Å². The van der Waals surface area contributed by atoms with Gasteiger partial charge in [-0.1, -0.05) is 6.07 Å². The fourth-order valence-corrected chi connectivity index (χ4v) is 3.63. The van der Waals surface area contributed by atoms with Gasteiger partial charge in [0.15, 0.2) is 0 Å². The largest absolute Gasteiger partial charge is 0.478 e. The van der Waals surface area contributed by atoms with Crippen LogP contribution in [0.5, 0.6) is 0 Å². The minimum Gasteiger partial charge on any atom is -0.478 e. The van der Waals surface area contributed by atoms with Crippen molar-refractivity contribution in [2.75, 3.05) is 6.54 Å². The summed E-state index contributed by atoms with van der Waals surface area (Å²) in [5.74, 6) is -1.15. The average Bonchev–Trinajstić information content (AvgIpc) is 2.73. The van der Waals surface area contributed by atoms with E-state index in [4.69, 9.17) is 5.11 Å². The molecule has 0 bridgehead atoms. The maximum absolute atomic E-state index is 12.4. The number of aromatic carboxylic acids is 1. The third-order valence-corrected chi connectivity index (χ3v) is 5.53. The fraction of sp³-hybridized carbons (Fsp3) is 0.375. The van der Waals surface area contributed by atoms with Crippen molar-refractivity contribution in [3.05, 3.63) is 46.3 Å². The number of benzene rings is 1. The van der Waals surface area contributed by atoms with Crippen LogP contribution in [0.4, 0.5) is 0 Å². The molecule has 0 saturated heterocycles. The number of carboxylic acids is 1. The highest BCUT2D eigenvalue weighted by Crippen LogP contribution is 2.16. The monoisotopic (exact) mass is 351 g/mol. The summed E-state index contributed by atoms with van der Waals surface area (Å²) in [5, 5.41) is 13.4. The Labute approximate surface area is 141 Å². The lowest BCUT2D eigenvalue weighted by molar-refractivity contribution is 0.0696. The lowest BCUT2D eigenvalue weighted by Gasteiger charge is -2.09. The number of carboxylic acid groups (broad SMARTS) is 1. The maximum atomic E-state index is 12.4. The van der Waals surface area contributed by atoms with E-state index in [0.717, 1.165) is 17.0 Å². The predicted molar refractivity (Wildman–Crippen MR) is 89.7 cm³/mol. The first-order valence-electron chi connectivity index (χ1n) is 7.46. The topological polar surface area (TPSA) is 101 Å². The van der Waals surface area contributed by atoms with Crippen molar-refractivity contribution in [1.29, 1.82) is 0 Å². The lowest BCUT2D eigenvalue weighted by Crippen LogP contribution is -2.26. The summed E-state index contributed by atoms with van der Waals surface area (Å²) in [6.07, 6.45) is 0.516. The van der Waals surface area contributed by atoms with Crippen LogP contribution in [-0.4, -0.2) is 35.8 Å². The maximum Gasteiger partial charge on any atom is 0.335 e. The van der Waals surface area contributed by atoms with Crippen LogP contribution >= 0.6 is 0 Å². The first-order chi connectivity index (χ1) is 11.1. The number of rotatable bonds is 6. The van der Waals surface area contributed by atoms with Gasteiger partial charge in [-0.2, -0.15) is 5.10 Å². The normalized spacial score (nSPS) is 11.7. The van der Waals surface area contributed by atoms with Crippen molar-refractivity contribution < 1.29 is 18.3 Å². The molecule has 24 heavy (non-hydrogen) atoms. The molecule has 0 aliphatic rings. The van der Waals surface area contributed by atoms with Gasteiger partial charge in [-0.3, -0.25) is 4.68 Å². The van der Waals surface area contributed by atoms with Crippen molar-refractivity contribution >= 4 is 16.0 Å². The van der Waals surface area contributed by atoms with Crippen molar-refractivity contribution in [3.63, 3.8) is 0 Å². The van der Waals surface area contributed by atoms with E-state index in [2.05, 4.69) is 9.82 Å². The van der Waals surface area contributed by atoms with Gasteiger partial charge in [-0.15, -0.1) is 0 Å². The van der Waals surface area contributed by atoms with Gasteiger partial charge in [-0.25, -0.2) is 17.9 Å². The molecule has 130 valence electrons. The second kappa shape index (κ2) is 6.74. The van der Waals surface area contributed by atoms with E-state index >= 15 is 0 Å². The molecule has 0 fully saturated rings. The molecular weight excluding hydrogens is 330 g/mol. The van der Waals surface area contributed by atoms with E-state index in [9.17, 15) is 13.2 Å². The standard InChI is InChI=1S/C16H21N3O4S/c1-10-5-6-13(9-15(10)16(20)21)24(22,23)17-8-7-14-11(2)18-19(4)12(14)3/h5-6,9,17H,7-8H2,1-4H3,(H,20,21). The number of aromatic nitrogens is 2. The minimum absolute atomic E-state index is 0.0168. The van der Waals surface area contributed by atoms with E-state index in [0.29, 0.717) is 12.0 Å². The van der Waals surface area contributed by atoms with Gasteiger partial charge in [-0.05, 0) is 50.5 Å². The molecule has 0 aliphatic heterocycles. The molecule has 8 heteroatoms. The summed E-state index contributed by atoms with van der Waals surface area (Å²) in [6.45, 7) is 5.66. The zero-order valence-corrected chi connectivity index (χ0v) is 14.9. The number of hydrogen-bond acceptors (Lipinski definition) is 4. The van der Waals surface area contributed by atoms with Crippen LogP contribution in [0.15, 0.2) is 23.1 Å². The van der Waals surface area contributed by atoms with E-state index < -0.39 is 16.0 Å². The van der Waals surface area contributed by atoms with Crippen LogP contribution in [0, 0.1) is 20.8 Å². The second-order valence-electron chi connectivity index (χ2n) is 5.70. The molecule has 2 N–H and O–H groups in total. The third kappa shape index (κ3) is 3.65. The summed E-state index contributed by atoms with van der Waals surface area (Å²) in [6, 6.07) is 4.08. The van der Waals surface area contributed by atoms with E-state index in [1.54, 1.807) is 11.6 Å². The Kier molecular flexibility index (Phi) is 5.10. The molecule has 0 radical (unpaired) electrons. The van der Waals surface area contributed by atoms with Crippen LogP contribution in [-0.2, 0) is 23.5 Å². The highest BCUT2D eigenvalue weighted by molar-refractivity contribution is 7.89. The molecule has 1 heterocycles. The first kappa shape index (κ1) is 18.2. The summed E-state index contributed by atoms with van der Waals surface area (Å²) >= 11 is 0. The smallest absolute Gasteiger partial charge is 0.335 e. The molecule has 0 aliphatic carbocycles. The Morgan fingerprint density at radius 2 is 1.96 bits per heavy atom. The van der Waals surface area contributed by atoms with Gasteiger partial charge in [0, 0.05) is 19.3 Å². The van der Waals surface area contributed by atoms with E-state index in [1.165, 1.54) is 18.2 Å². The van der Waals surface area contributed by atoms with E-state index in [-0.39, 0.29) is 17.0 Å². The fourth-order valence-electron chi connectivity index (χ4n) is 2.57. The number of carbonyl (C=O) groups is 1. The van der Waals surface area contributed by atoms with Gasteiger partial charge in [0.1, 0.15) is 0 Å². The lowest BCUT2D eigenvalue weighted by atomic mass is 10.1. The van der Waals surface area contributed by atoms with Crippen LogP contribution in [0.25, 0.3) is 0 Å². The molecule has 1 aromatic carbocycles. The third-order valence-electron chi connectivity index (χ3n) is 4.08. The van der Waals surface area contributed by atoms with Crippen molar-refractivity contribution in [1.82, 2.24) is 14.5 Å².